The van der Waals surface area contributed by atoms with Crippen molar-refractivity contribution in [3.8, 4) is 0 Å². The van der Waals surface area contributed by atoms with E-state index in [0.717, 1.165) is 17.0 Å². The normalized spacial score (nSPS) is 21.0. The molecule has 0 radical (unpaired) electrons. The molecule has 10 heteroatoms. The quantitative estimate of drug-likeness (QED) is 0.637. The number of amides is 5. The molecule has 0 spiro atoms. The predicted molar refractivity (Wildman–Crippen MR) is 114 cm³/mol. The van der Waals surface area contributed by atoms with Gasteiger partial charge in [-0.05, 0) is 31.7 Å². The summed E-state index contributed by atoms with van der Waals surface area (Å²) < 4.78 is 0. The molecule has 2 fully saturated rings. The Bertz CT molecular complexity index is 1020. The molecule has 0 saturated carbocycles. The predicted octanol–water partition coefficient (Wildman–Crippen LogP) is 1.79. The number of anilines is 1. The molecule has 2 saturated heterocycles. The van der Waals surface area contributed by atoms with Gasteiger partial charge >= 0.3 is 6.03 Å². The zero-order valence-corrected chi connectivity index (χ0v) is 17.9. The average Bonchev–Trinajstić information content (AvgIpc) is 3.43. The van der Waals surface area contributed by atoms with Crippen LogP contribution in [0.2, 0.25) is 0 Å². The lowest BCUT2D eigenvalue weighted by atomic mass is 9.93. The van der Waals surface area contributed by atoms with Crippen LogP contribution in [-0.2, 0) is 27.2 Å². The Kier molecular flexibility index (Phi) is 5.73. The van der Waals surface area contributed by atoms with Crippen LogP contribution in [0.4, 0.5) is 9.93 Å². The van der Waals surface area contributed by atoms with Gasteiger partial charge in [0.15, 0.2) is 5.13 Å². The van der Waals surface area contributed by atoms with Gasteiger partial charge in [-0.1, -0.05) is 30.3 Å². The van der Waals surface area contributed by atoms with Gasteiger partial charge in [-0.2, -0.15) is 5.01 Å². The summed E-state index contributed by atoms with van der Waals surface area (Å²) in [6.45, 7) is 2.28. The van der Waals surface area contributed by atoms with E-state index in [9.17, 15) is 19.2 Å². The van der Waals surface area contributed by atoms with Crippen molar-refractivity contribution in [3.63, 3.8) is 0 Å². The van der Waals surface area contributed by atoms with Gasteiger partial charge in [-0.15, -0.1) is 11.3 Å². The molecule has 3 heterocycles. The Morgan fingerprint density at radius 2 is 2.03 bits per heavy atom. The number of rotatable bonds is 7. The summed E-state index contributed by atoms with van der Waals surface area (Å²) in [6, 6.07) is 9.02. The maximum Gasteiger partial charge on any atom is 0.344 e. The number of aromatic nitrogens is 1. The molecule has 1 aromatic carbocycles. The van der Waals surface area contributed by atoms with Crippen LogP contribution in [0, 0.1) is 0 Å². The van der Waals surface area contributed by atoms with Gasteiger partial charge in [0.05, 0.1) is 12.1 Å². The topological polar surface area (TPSA) is 112 Å². The Labute approximate surface area is 183 Å². The van der Waals surface area contributed by atoms with E-state index >= 15 is 0 Å². The van der Waals surface area contributed by atoms with E-state index in [4.69, 9.17) is 0 Å². The number of hydrazine groups is 1. The van der Waals surface area contributed by atoms with Crippen LogP contribution < -0.4 is 15.6 Å². The number of hydrogen-bond donors (Lipinski definition) is 2. The first-order chi connectivity index (χ1) is 14.9. The lowest BCUT2D eigenvalue weighted by molar-refractivity contribution is -0.138. The minimum atomic E-state index is -1.09. The first-order valence-corrected chi connectivity index (χ1v) is 11.0. The van der Waals surface area contributed by atoms with Crippen LogP contribution in [0.3, 0.4) is 0 Å². The molecule has 1 aromatic heterocycles. The van der Waals surface area contributed by atoms with E-state index in [2.05, 4.69) is 15.7 Å². The molecule has 4 rings (SSSR count). The van der Waals surface area contributed by atoms with Gasteiger partial charge in [0.25, 0.3) is 5.91 Å². The molecule has 2 aromatic rings. The summed E-state index contributed by atoms with van der Waals surface area (Å²) in [5, 5.41) is 5.69. The number of imide groups is 1. The maximum atomic E-state index is 12.8. The van der Waals surface area contributed by atoms with Crippen molar-refractivity contribution in [3.05, 3.63) is 47.0 Å². The number of carbonyl (C=O) groups excluding carboxylic acids is 4. The summed E-state index contributed by atoms with van der Waals surface area (Å²) in [6.07, 6.45) is 2.22. The Morgan fingerprint density at radius 3 is 2.74 bits per heavy atom. The monoisotopic (exact) mass is 441 g/mol. The van der Waals surface area contributed by atoms with Crippen LogP contribution >= 0.6 is 11.3 Å². The molecule has 2 aliphatic heterocycles. The summed E-state index contributed by atoms with van der Waals surface area (Å²) in [4.78, 5) is 55.4. The smallest absolute Gasteiger partial charge is 0.322 e. The first-order valence-electron chi connectivity index (χ1n) is 10.1. The fraction of sp³-hybridized carbons (Fsp3) is 0.381. The van der Waals surface area contributed by atoms with Crippen LogP contribution in [0.1, 0.15) is 37.4 Å². The molecular weight excluding hydrogens is 418 g/mol. The van der Waals surface area contributed by atoms with Gasteiger partial charge in [0.2, 0.25) is 11.8 Å². The minimum absolute atomic E-state index is 0.0273. The summed E-state index contributed by atoms with van der Waals surface area (Å²) in [5.74, 6) is -0.997. The van der Waals surface area contributed by atoms with Gasteiger partial charge < -0.3 is 5.32 Å². The number of thiazole rings is 1. The Balaban J connectivity index is 1.35. The number of urea groups is 1. The van der Waals surface area contributed by atoms with Crippen molar-refractivity contribution in [2.75, 3.05) is 11.4 Å². The molecule has 31 heavy (non-hydrogen) atoms. The maximum absolute atomic E-state index is 12.8. The first kappa shape index (κ1) is 21.0. The SMILES string of the molecule is CC1(CCc2ccccc2)NC(=O)N(NC(=O)Cc2csc(N3CCCC3=O)n2)C1=O. The zero-order chi connectivity index (χ0) is 22.0. The molecular formula is C21H23N5O4S. The molecule has 9 nitrogen and oxygen atoms in total. The fourth-order valence-corrected chi connectivity index (χ4v) is 4.54. The largest absolute Gasteiger partial charge is 0.344 e. The molecule has 5 amide bonds. The van der Waals surface area contributed by atoms with Gasteiger partial charge in [-0.25, -0.2) is 9.78 Å². The van der Waals surface area contributed by atoms with Crippen molar-refractivity contribution in [1.82, 2.24) is 20.7 Å². The van der Waals surface area contributed by atoms with E-state index in [-0.39, 0.29) is 12.3 Å². The highest BCUT2D eigenvalue weighted by atomic mass is 32.1. The van der Waals surface area contributed by atoms with Crippen LogP contribution in [0.5, 0.6) is 0 Å². The van der Waals surface area contributed by atoms with Crippen LogP contribution in [0.15, 0.2) is 35.7 Å². The number of hydrogen-bond acceptors (Lipinski definition) is 6. The third-order valence-electron chi connectivity index (χ3n) is 5.44. The number of benzene rings is 1. The second-order valence-electron chi connectivity index (χ2n) is 7.87. The lowest BCUT2D eigenvalue weighted by Gasteiger charge is -2.21. The number of aryl methyl sites for hydroxylation is 1. The number of nitrogens with zero attached hydrogens (tertiary/aromatic N) is 3. The number of nitrogens with one attached hydrogen (secondary N) is 2. The average molecular weight is 442 g/mol. The fourth-order valence-electron chi connectivity index (χ4n) is 3.67. The molecule has 162 valence electrons. The van der Waals surface area contributed by atoms with Crippen LogP contribution in [-0.4, -0.2) is 45.8 Å². The van der Waals surface area contributed by atoms with Crippen molar-refractivity contribution in [1.29, 1.82) is 0 Å². The highest BCUT2D eigenvalue weighted by Gasteiger charge is 2.48. The van der Waals surface area contributed by atoms with Gasteiger partial charge in [0.1, 0.15) is 5.54 Å². The third kappa shape index (κ3) is 4.43. The van der Waals surface area contributed by atoms with E-state index in [1.807, 2.05) is 30.3 Å². The summed E-state index contributed by atoms with van der Waals surface area (Å²) >= 11 is 1.29. The summed E-state index contributed by atoms with van der Waals surface area (Å²) in [5.41, 5.74) is 2.83. The molecule has 1 atom stereocenters. The zero-order valence-electron chi connectivity index (χ0n) is 17.1. The summed E-state index contributed by atoms with van der Waals surface area (Å²) in [7, 11) is 0. The van der Waals surface area contributed by atoms with Crippen molar-refractivity contribution < 1.29 is 19.2 Å². The molecule has 0 aliphatic carbocycles. The molecule has 2 aliphatic rings. The highest BCUT2D eigenvalue weighted by molar-refractivity contribution is 7.14. The highest BCUT2D eigenvalue weighted by Crippen LogP contribution is 2.26. The minimum Gasteiger partial charge on any atom is -0.322 e. The standard InChI is InChI=1S/C21H23N5O4S/c1-21(10-9-14-6-3-2-4-7-14)18(29)26(19(30)23-21)24-16(27)12-15-13-31-20(22-15)25-11-5-8-17(25)28/h2-4,6-7,13H,5,8-12H2,1H3,(H,23,30)(H,24,27). The van der Waals surface area contributed by atoms with Crippen molar-refractivity contribution >= 4 is 40.2 Å². The molecule has 0 bridgehead atoms. The van der Waals surface area contributed by atoms with Crippen LogP contribution in [0.25, 0.3) is 0 Å². The number of carbonyl (C=O) groups is 4. The van der Waals surface area contributed by atoms with Gasteiger partial charge in [0, 0.05) is 18.3 Å². The third-order valence-corrected chi connectivity index (χ3v) is 6.35. The van der Waals surface area contributed by atoms with E-state index in [1.54, 1.807) is 17.2 Å². The Hall–Kier alpha value is -3.27. The van der Waals surface area contributed by atoms with Crippen molar-refractivity contribution in [2.24, 2.45) is 0 Å². The van der Waals surface area contributed by atoms with Gasteiger partial charge in [-0.3, -0.25) is 24.7 Å². The Morgan fingerprint density at radius 1 is 1.26 bits per heavy atom. The molecule has 2 N–H and O–H groups in total. The lowest BCUT2D eigenvalue weighted by Crippen LogP contribution is -2.49. The second kappa shape index (κ2) is 8.46. The van der Waals surface area contributed by atoms with E-state index in [1.165, 1.54) is 11.3 Å². The van der Waals surface area contributed by atoms with E-state index in [0.29, 0.717) is 36.6 Å². The molecule has 1 unspecified atom stereocenters. The van der Waals surface area contributed by atoms with Crippen molar-refractivity contribution in [2.45, 2.75) is 44.6 Å². The van der Waals surface area contributed by atoms with E-state index < -0.39 is 23.4 Å². The second-order valence-corrected chi connectivity index (χ2v) is 8.71.